The molecular weight excluding hydrogens is 310 g/mol. The summed E-state index contributed by atoms with van der Waals surface area (Å²) in [7, 11) is 2.20. The van der Waals surface area contributed by atoms with Gasteiger partial charge in [0.05, 0.1) is 0 Å². The minimum atomic E-state index is 0.638. The summed E-state index contributed by atoms with van der Waals surface area (Å²) in [5.74, 6) is 0.638. The molecule has 4 rings (SSSR count). The van der Waals surface area contributed by atoms with E-state index in [9.17, 15) is 4.79 Å². The van der Waals surface area contributed by atoms with Crippen LogP contribution in [0.25, 0.3) is 22.0 Å². The molecule has 2 aromatic carbocycles. The molecule has 1 aliphatic rings. The van der Waals surface area contributed by atoms with E-state index in [0.29, 0.717) is 12.3 Å². The molecule has 1 fully saturated rings. The van der Waals surface area contributed by atoms with Crippen LogP contribution in [0.2, 0.25) is 0 Å². The van der Waals surface area contributed by atoms with Crippen LogP contribution in [0.4, 0.5) is 5.69 Å². The maximum Gasteiger partial charge on any atom is 0.211 e. The molecule has 0 unspecified atom stereocenters. The van der Waals surface area contributed by atoms with E-state index in [0.717, 1.165) is 11.3 Å². The van der Waals surface area contributed by atoms with Crippen LogP contribution in [0.15, 0.2) is 48.7 Å². The highest BCUT2D eigenvalue weighted by Crippen LogP contribution is 2.35. The van der Waals surface area contributed by atoms with Crippen molar-refractivity contribution in [1.82, 2.24) is 9.88 Å². The molecule has 1 saturated heterocycles. The lowest BCUT2D eigenvalue weighted by Gasteiger charge is -2.28. The van der Waals surface area contributed by atoms with Gasteiger partial charge in [-0.05, 0) is 79.9 Å². The summed E-state index contributed by atoms with van der Waals surface area (Å²) < 4.78 is 0. The van der Waals surface area contributed by atoms with Gasteiger partial charge in [0.1, 0.15) is 0 Å². The minimum Gasteiger partial charge on any atom is -0.361 e. The van der Waals surface area contributed by atoms with Gasteiger partial charge in [-0.1, -0.05) is 18.2 Å². The van der Waals surface area contributed by atoms with Crippen LogP contribution in [0.5, 0.6) is 0 Å². The molecule has 0 radical (unpaired) electrons. The number of piperidine rings is 1. The Hall–Kier alpha value is -2.59. The molecule has 0 spiro atoms. The topological polar surface area (TPSA) is 48.1 Å². The normalized spacial score (nSPS) is 16.2. The molecule has 25 heavy (non-hydrogen) atoms. The van der Waals surface area contributed by atoms with E-state index in [1.807, 2.05) is 12.1 Å². The third-order valence-corrected chi connectivity index (χ3v) is 5.32. The quantitative estimate of drug-likeness (QED) is 0.703. The van der Waals surface area contributed by atoms with E-state index in [-0.39, 0.29) is 0 Å². The number of benzene rings is 2. The molecule has 2 heterocycles. The number of hydrogen-bond donors (Lipinski definition) is 2. The van der Waals surface area contributed by atoms with Crippen LogP contribution >= 0.6 is 0 Å². The van der Waals surface area contributed by atoms with Crippen LogP contribution in [0.1, 0.15) is 24.3 Å². The van der Waals surface area contributed by atoms with Crippen molar-refractivity contribution in [1.29, 1.82) is 0 Å². The van der Waals surface area contributed by atoms with Crippen molar-refractivity contribution in [2.75, 3.05) is 25.5 Å². The maximum absolute atomic E-state index is 10.5. The molecule has 0 atom stereocenters. The number of likely N-dealkylation sites (tertiary alicyclic amines) is 1. The molecule has 0 bridgehead atoms. The fourth-order valence-electron chi connectivity index (χ4n) is 3.81. The Labute approximate surface area is 147 Å². The van der Waals surface area contributed by atoms with E-state index in [4.69, 9.17) is 0 Å². The van der Waals surface area contributed by atoms with E-state index < -0.39 is 0 Å². The number of carbonyl (C=O) groups excluding carboxylic acids is 1. The molecule has 1 amide bonds. The Morgan fingerprint density at radius 1 is 1.08 bits per heavy atom. The van der Waals surface area contributed by atoms with Crippen molar-refractivity contribution < 1.29 is 4.79 Å². The van der Waals surface area contributed by atoms with Crippen LogP contribution in [-0.4, -0.2) is 36.4 Å². The number of aromatic nitrogens is 1. The Kier molecular flexibility index (Phi) is 4.28. The second-order valence-corrected chi connectivity index (χ2v) is 6.92. The van der Waals surface area contributed by atoms with Gasteiger partial charge in [-0.25, -0.2) is 0 Å². The molecule has 128 valence electrons. The average molecular weight is 333 g/mol. The van der Waals surface area contributed by atoms with Crippen LogP contribution in [0, 0.1) is 0 Å². The molecule has 0 saturated carbocycles. The molecule has 0 aliphatic carbocycles. The summed E-state index contributed by atoms with van der Waals surface area (Å²) in [6.07, 6.45) is 5.34. The zero-order valence-corrected chi connectivity index (χ0v) is 14.5. The van der Waals surface area contributed by atoms with E-state index >= 15 is 0 Å². The zero-order valence-electron chi connectivity index (χ0n) is 14.5. The van der Waals surface area contributed by atoms with E-state index in [1.54, 1.807) is 0 Å². The number of aromatic amines is 1. The Morgan fingerprint density at radius 2 is 1.80 bits per heavy atom. The summed E-state index contributed by atoms with van der Waals surface area (Å²) >= 11 is 0. The molecule has 3 aromatic rings. The predicted octanol–water partition coefficient (Wildman–Crippen LogP) is 4.21. The number of anilines is 1. The smallest absolute Gasteiger partial charge is 0.211 e. The highest BCUT2D eigenvalue weighted by Gasteiger charge is 2.21. The largest absolute Gasteiger partial charge is 0.361 e. The number of rotatable bonds is 4. The summed E-state index contributed by atoms with van der Waals surface area (Å²) in [5, 5.41) is 4.01. The Bertz CT molecular complexity index is 874. The third kappa shape index (κ3) is 3.17. The number of carbonyl (C=O) groups is 1. The Balaban J connectivity index is 1.67. The molecule has 1 aromatic heterocycles. The molecule has 4 nitrogen and oxygen atoms in total. The van der Waals surface area contributed by atoms with Crippen molar-refractivity contribution in [3.63, 3.8) is 0 Å². The van der Waals surface area contributed by atoms with Gasteiger partial charge >= 0.3 is 0 Å². The number of amides is 1. The van der Waals surface area contributed by atoms with Gasteiger partial charge < -0.3 is 15.2 Å². The summed E-state index contributed by atoms with van der Waals surface area (Å²) in [5.41, 5.74) is 5.84. The highest BCUT2D eigenvalue weighted by atomic mass is 16.1. The lowest BCUT2D eigenvalue weighted by Crippen LogP contribution is -2.29. The van der Waals surface area contributed by atoms with Gasteiger partial charge in [-0.15, -0.1) is 0 Å². The van der Waals surface area contributed by atoms with Gasteiger partial charge in [0.2, 0.25) is 6.41 Å². The first-order valence-corrected chi connectivity index (χ1v) is 8.85. The van der Waals surface area contributed by atoms with Crippen LogP contribution in [0.3, 0.4) is 0 Å². The van der Waals surface area contributed by atoms with E-state index in [2.05, 4.69) is 58.8 Å². The third-order valence-electron chi connectivity index (χ3n) is 5.32. The van der Waals surface area contributed by atoms with Crippen molar-refractivity contribution in [2.45, 2.75) is 18.8 Å². The molecule has 2 N–H and O–H groups in total. The standard InChI is InChI=1S/C21H23N3O/c1-24-10-8-16(9-11-24)20-13-22-21-7-4-17(12-19(20)21)15-2-5-18(6-3-15)23-14-25/h2-7,12-14,16,22H,8-11H2,1H3,(H,23,25). The van der Waals surface area contributed by atoms with Crippen molar-refractivity contribution in [2.24, 2.45) is 0 Å². The Morgan fingerprint density at radius 3 is 2.52 bits per heavy atom. The van der Waals surface area contributed by atoms with Crippen LogP contribution in [-0.2, 0) is 4.79 Å². The maximum atomic E-state index is 10.5. The van der Waals surface area contributed by atoms with Gasteiger partial charge in [-0.2, -0.15) is 0 Å². The summed E-state index contributed by atoms with van der Waals surface area (Å²) in [6.45, 7) is 2.34. The number of hydrogen-bond acceptors (Lipinski definition) is 2. The zero-order chi connectivity index (χ0) is 17.2. The average Bonchev–Trinajstić information content (AvgIpc) is 3.06. The number of H-pyrrole nitrogens is 1. The van der Waals surface area contributed by atoms with Gasteiger partial charge in [0, 0.05) is 22.8 Å². The fourth-order valence-corrected chi connectivity index (χ4v) is 3.81. The molecule has 4 heteroatoms. The van der Waals surface area contributed by atoms with Crippen molar-refractivity contribution in [3.8, 4) is 11.1 Å². The van der Waals surface area contributed by atoms with Crippen molar-refractivity contribution in [3.05, 3.63) is 54.2 Å². The van der Waals surface area contributed by atoms with Crippen LogP contribution < -0.4 is 5.32 Å². The van der Waals surface area contributed by atoms with Gasteiger partial charge in [0.15, 0.2) is 0 Å². The predicted molar refractivity (Wildman–Crippen MR) is 103 cm³/mol. The minimum absolute atomic E-state index is 0.638. The first-order valence-electron chi connectivity index (χ1n) is 8.85. The van der Waals surface area contributed by atoms with E-state index in [1.165, 1.54) is 48.0 Å². The second kappa shape index (κ2) is 6.73. The second-order valence-electron chi connectivity index (χ2n) is 6.92. The first kappa shape index (κ1) is 15.9. The lowest BCUT2D eigenvalue weighted by molar-refractivity contribution is -0.105. The van der Waals surface area contributed by atoms with Gasteiger partial charge in [-0.3, -0.25) is 4.79 Å². The summed E-state index contributed by atoms with van der Waals surface area (Å²) in [4.78, 5) is 16.4. The number of nitrogens with one attached hydrogen (secondary N) is 2. The van der Waals surface area contributed by atoms with Gasteiger partial charge in [0.25, 0.3) is 0 Å². The molecular formula is C21H23N3O. The fraction of sp³-hybridized carbons (Fsp3) is 0.286. The SMILES string of the molecule is CN1CCC(c2c[nH]c3ccc(-c4ccc(NC=O)cc4)cc23)CC1. The monoisotopic (exact) mass is 333 g/mol. The molecule has 1 aliphatic heterocycles. The highest BCUT2D eigenvalue weighted by molar-refractivity contribution is 5.88. The first-order chi connectivity index (χ1) is 12.2. The lowest BCUT2D eigenvalue weighted by atomic mass is 9.89. The van der Waals surface area contributed by atoms with Crippen molar-refractivity contribution >= 4 is 23.0 Å². The number of nitrogens with zero attached hydrogens (tertiary/aromatic N) is 1. The summed E-state index contributed by atoms with van der Waals surface area (Å²) in [6, 6.07) is 14.6. The number of fused-ring (bicyclic) bond motifs is 1.